The van der Waals surface area contributed by atoms with Crippen molar-refractivity contribution in [1.29, 1.82) is 0 Å². The number of nitrogens with zero attached hydrogens (tertiary/aromatic N) is 4. The van der Waals surface area contributed by atoms with Crippen molar-refractivity contribution in [1.82, 2.24) is 25.2 Å². The number of nitrogen functional groups attached to an aromatic ring is 1. The number of carbonyl (C=O) groups is 1. The summed E-state index contributed by atoms with van der Waals surface area (Å²) < 4.78 is 11.8. The van der Waals surface area contributed by atoms with Crippen molar-refractivity contribution in [3.05, 3.63) is 72.2 Å². The van der Waals surface area contributed by atoms with Crippen LogP contribution in [0.1, 0.15) is 36.8 Å². The fraction of sp³-hybridized carbons (Fsp3) is 0.387. The molecule has 5 rings (SSSR count). The van der Waals surface area contributed by atoms with E-state index in [9.17, 15) is 4.79 Å². The van der Waals surface area contributed by atoms with Gasteiger partial charge in [0.25, 0.3) is 0 Å². The highest BCUT2D eigenvalue weighted by Crippen LogP contribution is 2.34. The first-order valence-corrected chi connectivity index (χ1v) is 14.2. The smallest absolute Gasteiger partial charge is 0.322 e. The van der Waals surface area contributed by atoms with Crippen LogP contribution in [0.25, 0.3) is 11.0 Å². The van der Waals surface area contributed by atoms with E-state index in [4.69, 9.17) is 15.2 Å². The monoisotopic (exact) mass is 557 g/mol. The third-order valence-corrected chi connectivity index (χ3v) is 7.59. The Labute approximate surface area is 240 Å². The van der Waals surface area contributed by atoms with E-state index in [1.165, 1.54) is 5.56 Å². The summed E-state index contributed by atoms with van der Waals surface area (Å²) in [6, 6.07) is 15.6. The average Bonchev–Trinajstić information content (AvgIpc) is 3.45. The summed E-state index contributed by atoms with van der Waals surface area (Å²) in [5, 5.41) is 3.14. The molecular weight excluding hydrogens is 518 g/mol. The number of anilines is 2. The van der Waals surface area contributed by atoms with Crippen molar-refractivity contribution < 1.29 is 14.3 Å². The molecule has 2 aromatic carbocycles. The lowest BCUT2D eigenvalue weighted by atomic mass is 10.0. The predicted octanol–water partition coefficient (Wildman–Crippen LogP) is 4.76. The number of hydrogen-bond acceptors (Lipinski definition) is 7. The largest absolute Gasteiger partial charge is 0.493 e. The number of ether oxygens (including phenoxy) is 2. The number of likely N-dealkylation sites (tertiary alicyclic amines) is 1. The average molecular weight is 558 g/mol. The number of aromatic nitrogens is 3. The second-order valence-electron chi connectivity index (χ2n) is 10.5. The van der Waals surface area contributed by atoms with E-state index in [2.05, 4.69) is 32.2 Å². The van der Waals surface area contributed by atoms with Gasteiger partial charge in [0, 0.05) is 30.5 Å². The molecule has 10 heteroatoms. The molecule has 1 saturated heterocycles. The Kier molecular flexibility index (Phi) is 9.20. The minimum Gasteiger partial charge on any atom is -0.493 e. The number of piperidine rings is 1. The van der Waals surface area contributed by atoms with Crippen molar-refractivity contribution in [3.8, 4) is 11.5 Å². The Morgan fingerprint density at radius 3 is 2.73 bits per heavy atom. The number of H-pyrrole nitrogens is 1. The third-order valence-electron chi connectivity index (χ3n) is 7.59. The zero-order valence-electron chi connectivity index (χ0n) is 23.8. The van der Waals surface area contributed by atoms with Crippen LogP contribution in [0.15, 0.2) is 61.1 Å². The Morgan fingerprint density at radius 2 is 1.93 bits per heavy atom. The summed E-state index contributed by atoms with van der Waals surface area (Å²) in [4.78, 5) is 29.3. The predicted molar refractivity (Wildman–Crippen MR) is 161 cm³/mol. The summed E-state index contributed by atoms with van der Waals surface area (Å²) in [5.74, 6) is 1.82. The molecule has 216 valence electrons. The molecule has 3 heterocycles. The highest BCUT2D eigenvalue weighted by Gasteiger charge is 2.29. The van der Waals surface area contributed by atoms with Crippen LogP contribution in [-0.2, 0) is 13.0 Å². The number of amides is 2. The first-order chi connectivity index (χ1) is 20.0. The van der Waals surface area contributed by atoms with Crippen molar-refractivity contribution in [2.45, 2.75) is 44.7 Å². The van der Waals surface area contributed by atoms with Gasteiger partial charge in [-0.15, -0.1) is 0 Å². The molecule has 2 aromatic heterocycles. The standard InChI is InChI=1S/C31H39N7O3/c1-37-14-11-24(12-15-37)38(31(39)34-20-23-6-8-26-27(17-23)36-21-35-26)25-7-9-28(29(19-25)40-2)41-16-4-3-5-22-10-13-33-30(32)18-22/h6-10,13,17-19,21,24H,3-5,11-12,14-16,20H2,1-2H3,(H2,32,33)(H,34,39)(H,35,36). The molecule has 0 bridgehead atoms. The van der Waals surface area contributed by atoms with Crippen LogP contribution in [-0.4, -0.2) is 65.8 Å². The van der Waals surface area contributed by atoms with Gasteiger partial charge in [-0.25, -0.2) is 14.8 Å². The van der Waals surface area contributed by atoms with Crippen molar-refractivity contribution in [2.75, 3.05) is 44.5 Å². The molecule has 0 atom stereocenters. The van der Waals surface area contributed by atoms with Gasteiger partial charge in [0.15, 0.2) is 11.5 Å². The van der Waals surface area contributed by atoms with E-state index >= 15 is 0 Å². The molecule has 0 unspecified atom stereocenters. The number of nitrogens with one attached hydrogen (secondary N) is 2. The minimum absolute atomic E-state index is 0.0833. The van der Waals surface area contributed by atoms with Gasteiger partial charge in [-0.05, 0) is 99.8 Å². The van der Waals surface area contributed by atoms with Gasteiger partial charge in [-0.1, -0.05) is 6.07 Å². The summed E-state index contributed by atoms with van der Waals surface area (Å²) >= 11 is 0. The fourth-order valence-corrected chi connectivity index (χ4v) is 5.29. The van der Waals surface area contributed by atoms with Crippen LogP contribution < -0.4 is 25.4 Å². The maximum Gasteiger partial charge on any atom is 0.322 e. The van der Waals surface area contributed by atoms with Crippen LogP contribution in [0, 0.1) is 0 Å². The van der Waals surface area contributed by atoms with Gasteiger partial charge in [-0.2, -0.15) is 0 Å². The van der Waals surface area contributed by atoms with E-state index in [0.29, 0.717) is 30.5 Å². The number of aryl methyl sites for hydroxylation is 1. The highest BCUT2D eigenvalue weighted by atomic mass is 16.5. The Morgan fingerprint density at radius 1 is 1.07 bits per heavy atom. The molecular formula is C31H39N7O3. The van der Waals surface area contributed by atoms with Gasteiger partial charge in [-0.3, -0.25) is 4.90 Å². The van der Waals surface area contributed by atoms with E-state index in [1.807, 2.05) is 53.4 Å². The second-order valence-corrected chi connectivity index (χ2v) is 10.5. The molecule has 0 spiro atoms. The zero-order chi connectivity index (χ0) is 28.6. The lowest BCUT2D eigenvalue weighted by Crippen LogP contribution is -2.50. The third kappa shape index (κ3) is 7.26. The van der Waals surface area contributed by atoms with Crippen LogP contribution in [0.4, 0.5) is 16.3 Å². The number of benzene rings is 2. The van der Waals surface area contributed by atoms with Crippen LogP contribution in [0.3, 0.4) is 0 Å². The second kappa shape index (κ2) is 13.4. The Balaban J connectivity index is 1.24. The van der Waals surface area contributed by atoms with Crippen LogP contribution in [0.2, 0.25) is 0 Å². The molecule has 41 heavy (non-hydrogen) atoms. The quantitative estimate of drug-likeness (QED) is 0.227. The van der Waals surface area contributed by atoms with Gasteiger partial charge in [0.05, 0.1) is 31.1 Å². The number of imidazole rings is 1. The zero-order valence-corrected chi connectivity index (χ0v) is 23.8. The first-order valence-electron chi connectivity index (χ1n) is 14.2. The fourth-order valence-electron chi connectivity index (χ4n) is 5.29. The number of rotatable bonds is 11. The molecule has 0 saturated carbocycles. The maximum absolute atomic E-state index is 13.7. The van der Waals surface area contributed by atoms with Crippen LogP contribution in [0.5, 0.6) is 11.5 Å². The molecule has 1 aliphatic heterocycles. The van der Waals surface area contributed by atoms with Gasteiger partial charge < -0.3 is 30.4 Å². The van der Waals surface area contributed by atoms with E-state index < -0.39 is 0 Å². The van der Waals surface area contributed by atoms with E-state index in [0.717, 1.165) is 67.5 Å². The first kappa shape index (κ1) is 28.2. The van der Waals surface area contributed by atoms with Crippen LogP contribution >= 0.6 is 0 Å². The number of fused-ring (bicyclic) bond motifs is 1. The molecule has 2 amide bonds. The molecule has 4 aromatic rings. The molecule has 1 fully saturated rings. The number of carbonyl (C=O) groups excluding carboxylic acids is 1. The highest BCUT2D eigenvalue weighted by molar-refractivity contribution is 5.93. The molecule has 4 N–H and O–H groups in total. The van der Waals surface area contributed by atoms with Gasteiger partial charge >= 0.3 is 6.03 Å². The minimum atomic E-state index is -0.128. The van der Waals surface area contributed by atoms with E-state index in [1.54, 1.807) is 19.6 Å². The molecule has 0 aliphatic carbocycles. The van der Waals surface area contributed by atoms with Gasteiger partial charge in [0.2, 0.25) is 0 Å². The van der Waals surface area contributed by atoms with Gasteiger partial charge in [0.1, 0.15) is 5.82 Å². The number of aromatic amines is 1. The molecule has 0 radical (unpaired) electrons. The summed E-state index contributed by atoms with van der Waals surface area (Å²) in [6.45, 7) is 2.86. The number of urea groups is 1. The lowest BCUT2D eigenvalue weighted by molar-refractivity contribution is 0.226. The SMILES string of the molecule is COc1cc(N(C(=O)NCc2ccc3nc[nH]c3c2)C2CCN(C)CC2)ccc1OCCCCc1ccnc(N)c1. The summed E-state index contributed by atoms with van der Waals surface area (Å²) in [5.41, 5.74) is 10.6. The number of unbranched alkanes of at least 4 members (excludes halogenated alkanes) is 1. The number of pyridine rings is 1. The number of nitrogens with two attached hydrogens (primary N) is 1. The number of hydrogen-bond donors (Lipinski definition) is 3. The molecule has 1 aliphatic rings. The summed E-state index contributed by atoms with van der Waals surface area (Å²) in [6.07, 6.45) is 7.99. The van der Waals surface area contributed by atoms with Crippen molar-refractivity contribution >= 4 is 28.6 Å². The maximum atomic E-state index is 13.7. The lowest BCUT2D eigenvalue weighted by Gasteiger charge is -2.37. The molecule has 10 nitrogen and oxygen atoms in total. The van der Waals surface area contributed by atoms with Crippen molar-refractivity contribution in [3.63, 3.8) is 0 Å². The Bertz CT molecular complexity index is 1450. The Hall–Kier alpha value is -4.31. The number of methoxy groups -OCH3 is 1. The summed E-state index contributed by atoms with van der Waals surface area (Å²) in [7, 11) is 3.75. The van der Waals surface area contributed by atoms with E-state index in [-0.39, 0.29) is 12.1 Å². The van der Waals surface area contributed by atoms with Crippen molar-refractivity contribution in [2.24, 2.45) is 0 Å². The topological polar surface area (TPSA) is 122 Å². The normalized spacial score (nSPS) is 14.2.